The maximum Gasteiger partial charge on any atom is 0.417 e. The van der Waals surface area contributed by atoms with Crippen LogP contribution in [0, 0.1) is 5.82 Å². The van der Waals surface area contributed by atoms with Gasteiger partial charge in [-0.05, 0) is 75.6 Å². The fourth-order valence-electron chi connectivity index (χ4n) is 4.36. The number of carbonyl (C=O) groups is 4. The molecule has 0 aliphatic carbocycles. The van der Waals surface area contributed by atoms with E-state index < -0.39 is 35.4 Å². The van der Waals surface area contributed by atoms with Gasteiger partial charge in [-0.1, -0.05) is 42.5 Å². The summed E-state index contributed by atoms with van der Waals surface area (Å²) in [6, 6.07) is 20.0. The van der Waals surface area contributed by atoms with E-state index in [1.807, 2.05) is 0 Å². The topological polar surface area (TPSA) is 84.0 Å². The Labute approximate surface area is 220 Å². The zero-order valence-electron chi connectivity index (χ0n) is 21.5. The molecule has 7 nitrogen and oxygen atoms in total. The molecule has 0 radical (unpaired) electrons. The molecule has 1 atom stereocenters. The molecule has 0 aromatic heterocycles. The highest BCUT2D eigenvalue weighted by molar-refractivity contribution is 6.25. The van der Waals surface area contributed by atoms with E-state index in [1.165, 1.54) is 18.2 Å². The minimum Gasteiger partial charge on any atom is -0.443 e. The normalized spacial score (nSPS) is 15.3. The summed E-state index contributed by atoms with van der Waals surface area (Å²) in [4.78, 5) is 54.2. The first-order valence-electron chi connectivity index (χ1n) is 12.4. The van der Waals surface area contributed by atoms with Crippen molar-refractivity contribution in [3.05, 3.63) is 101 Å². The Balaban J connectivity index is 1.69. The van der Waals surface area contributed by atoms with Crippen molar-refractivity contribution < 1.29 is 28.3 Å². The number of hydrogen-bond acceptors (Lipinski definition) is 5. The van der Waals surface area contributed by atoms with E-state index in [-0.39, 0.29) is 35.6 Å². The second-order valence-corrected chi connectivity index (χ2v) is 10.1. The van der Waals surface area contributed by atoms with Crippen molar-refractivity contribution in [2.45, 2.75) is 51.7 Å². The Morgan fingerprint density at radius 3 is 2.00 bits per heavy atom. The molecule has 1 fully saturated rings. The Bertz CT molecular complexity index is 1300. The molecule has 1 heterocycles. The lowest BCUT2D eigenvalue weighted by Gasteiger charge is -2.28. The van der Waals surface area contributed by atoms with Crippen molar-refractivity contribution in [3.63, 3.8) is 0 Å². The third-order valence-electron chi connectivity index (χ3n) is 6.09. The molecule has 1 aliphatic heterocycles. The maximum absolute atomic E-state index is 15.3. The molecule has 0 bridgehead atoms. The SMILES string of the molecule is CC(C)(C)OC(=O)N1C(=O)CCC1Cc1ccc(F)c(N(C(=O)c2ccccc2)C(=O)c2ccccc2)c1. The summed E-state index contributed by atoms with van der Waals surface area (Å²) >= 11 is 0. The predicted octanol–water partition coefficient (Wildman–Crippen LogP) is 5.78. The monoisotopic (exact) mass is 516 g/mol. The Hall–Kier alpha value is -4.33. The summed E-state index contributed by atoms with van der Waals surface area (Å²) in [6.07, 6.45) is 0.0849. The van der Waals surface area contributed by atoms with Crippen LogP contribution in [0.4, 0.5) is 14.9 Å². The van der Waals surface area contributed by atoms with Crippen molar-refractivity contribution >= 4 is 29.5 Å². The standard InChI is InChI=1S/C30H29FN2O5/c1-30(2,3)38-29(37)32-23(15-17-26(32)34)18-20-14-16-24(31)25(19-20)33(27(35)21-10-6-4-7-11-21)28(36)22-12-8-5-9-13-22/h4-14,16,19,23H,15,17-18H2,1-3H3. The van der Waals surface area contributed by atoms with Crippen molar-refractivity contribution in [1.29, 1.82) is 0 Å². The maximum atomic E-state index is 15.3. The Kier molecular flexibility index (Phi) is 7.71. The second kappa shape index (κ2) is 11.0. The molecule has 0 saturated carbocycles. The van der Waals surface area contributed by atoms with Gasteiger partial charge in [-0.15, -0.1) is 0 Å². The van der Waals surface area contributed by atoms with Crippen LogP contribution in [-0.4, -0.2) is 40.4 Å². The highest BCUT2D eigenvalue weighted by Crippen LogP contribution is 2.29. The van der Waals surface area contributed by atoms with E-state index in [2.05, 4.69) is 0 Å². The fraction of sp³-hybridized carbons (Fsp3) is 0.267. The number of benzene rings is 3. The van der Waals surface area contributed by atoms with Crippen LogP contribution in [0.2, 0.25) is 0 Å². The number of imide groups is 2. The van der Waals surface area contributed by atoms with Gasteiger partial charge in [0, 0.05) is 23.6 Å². The van der Waals surface area contributed by atoms with Gasteiger partial charge in [0.1, 0.15) is 11.4 Å². The fourth-order valence-corrected chi connectivity index (χ4v) is 4.36. The average molecular weight is 517 g/mol. The minimum absolute atomic E-state index is 0.184. The summed E-state index contributed by atoms with van der Waals surface area (Å²) in [5.74, 6) is -2.45. The number of carbonyl (C=O) groups excluding carboxylic acids is 4. The lowest BCUT2D eigenvalue weighted by molar-refractivity contribution is -0.128. The highest BCUT2D eigenvalue weighted by atomic mass is 19.1. The molecule has 1 saturated heterocycles. The van der Waals surface area contributed by atoms with Crippen LogP contribution in [0.3, 0.4) is 0 Å². The number of amides is 4. The Morgan fingerprint density at radius 2 is 1.47 bits per heavy atom. The van der Waals surface area contributed by atoms with Crippen LogP contribution in [-0.2, 0) is 16.0 Å². The summed E-state index contributed by atoms with van der Waals surface area (Å²) < 4.78 is 20.7. The minimum atomic E-state index is -0.774. The van der Waals surface area contributed by atoms with E-state index in [0.717, 1.165) is 9.80 Å². The van der Waals surface area contributed by atoms with E-state index in [9.17, 15) is 19.2 Å². The van der Waals surface area contributed by atoms with Crippen molar-refractivity contribution in [2.75, 3.05) is 4.90 Å². The van der Waals surface area contributed by atoms with Gasteiger partial charge in [-0.2, -0.15) is 0 Å². The summed E-state index contributed by atoms with van der Waals surface area (Å²) in [7, 11) is 0. The molecule has 196 valence electrons. The van der Waals surface area contributed by atoms with Gasteiger partial charge >= 0.3 is 6.09 Å². The van der Waals surface area contributed by atoms with E-state index in [0.29, 0.717) is 12.0 Å². The summed E-state index contributed by atoms with van der Waals surface area (Å²) in [5, 5.41) is 0. The van der Waals surface area contributed by atoms with E-state index in [4.69, 9.17) is 4.74 Å². The molecule has 3 aromatic rings. The highest BCUT2D eigenvalue weighted by Gasteiger charge is 2.38. The van der Waals surface area contributed by atoms with E-state index >= 15 is 4.39 Å². The van der Waals surface area contributed by atoms with Gasteiger partial charge in [0.2, 0.25) is 5.91 Å². The smallest absolute Gasteiger partial charge is 0.417 e. The van der Waals surface area contributed by atoms with Crippen molar-refractivity contribution in [1.82, 2.24) is 4.90 Å². The van der Waals surface area contributed by atoms with Crippen LogP contribution in [0.15, 0.2) is 78.9 Å². The zero-order chi connectivity index (χ0) is 27.4. The van der Waals surface area contributed by atoms with Crippen LogP contribution in [0.1, 0.15) is 59.9 Å². The van der Waals surface area contributed by atoms with Crippen LogP contribution < -0.4 is 4.90 Å². The number of rotatable bonds is 5. The first-order chi connectivity index (χ1) is 18.0. The lowest BCUT2D eigenvalue weighted by Crippen LogP contribution is -2.43. The molecular weight excluding hydrogens is 487 g/mol. The molecular formula is C30H29FN2O5. The number of likely N-dealkylation sites (tertiary alicyclic amines) is 1. The van der Waals surface area contributed by atoms with Gasteiger partial charge < -0.3 is 4.74 Å². The number of nitrogens with zero attached hydrogens (tertiary/aromatic N) is 2. The summed E-state index contributed by atoms with van der Waals surface area (Å²) in [5.41, 5.74) is 0.0155. The third-order valence-corrected chi connectivity index (χ3v) is 6.09. The van der Waals surface area contributed by atoms with Gasteiger partial charge in [-0.25, -0.2) is 19.0 Å². The van der Waals surface area contributed by atoms with Gasteiger partial charge in [-0.3, -0.25) is 14.4 Å². The second-order valence-electron chi connectivity index (χ2n) is 10.1. The number of ether oxygens (including phenoxy) is 1. The van der Waals surface area contributed by atoms with Crippen LogP contribution in [0.5, 0.6) is 0 Å². The lowest BCUT2D eigenvalue weighted by atomic mass is 10.0. The zero-order valence-corrected chi connectivity index (χ0v) is 21.5. The molecule has 38 heavy (non-hydrogen) atoms. The molecule has 4 amide bonds. The van der Waals surface area contributed by atoms with Crippen molar-refractivity contribution in [3.8, 4) is 0 Å². The Morgan fingerprint density at radius 1 is 0.921 bits per heavy atom. The number of hydrogen-bond donors (Lipinski definition) is 0. The van der Waals surface area contributed by atoms with Gasteiger partial charge in [0.05, 0.1) is 5.69 Å². The molecule has 4 rings (SSSR count). The van der Waals surface area contributed by atoms with E-state index in [1.54, 1.807) is 81.4 Å². The average Bonchev–Trinajstić information content (AvgIpc) is 3.25. The quantitative estimate of drug-likeness (QED) is 0.402. The van der Waals surface area contributed by atoms with Crippen molar-refractivity contribution in [2.24, 2.45) is 0 Å². The third kappa shape index (κ3) is 5.96. The molecule has 3 aromatic carbocycles. The molecule has 1 aliphatic rings. The first kappa shape index (κ1) is 26.7. The molecule has 8 heteroatoms. The van der Waals surface area contributed by atoms with Crippen LogP contribution >= 0.6 is 0 Å². The molecule has 0 spiro atoms. The largest absolute Gasteiger partial charge is 0.443 e. The molecule has 0 N–H and O–H groups in total. The molecule has 1 unspecified atom stereocenters. The number of halogens is 1. The van der Waals surface area contributed by atoms with Crippen LogP contribution in [0.25, 0.3) is 0 Å². The first-order valence-corrected chi connectivity index (χ1v) is 12.4. The predicted molar refractivity (Wildman–Crippen MR) is 140 cm³/mol. The summed E-state index contributed by atoms with van der Waals surface area (Å²) in [6.45, 7) is 5.15. The van der Waals surface area contributed by atoms with Gasteiger partial charge in [0.15, 0.2) is 0 Å². The van der Waals surface area contributed by atoms with Gasteiger partial charge in [0.25, 0.3) is 11.8 Å². The number of anilines is 1.